The van der Waals surface area contributed by atoms with E-state index >= 15 is 0 Å². The summed E-state index contributed by atoms with van der Waals surface area (Å²) in [5.74, 6) is 0. The molecule has 0 aromatic heterocycles. The van der Waals surface area contributed by atoms with E-state index in [1.165, 1.54) is 6.42 Å². The molecule has 0 amide bonds. The Kier molecular flexibility index (Phi) is 9.27. The van der Waals surface area contributed by atoms with Crippen molar-refractivity contribution in [2.24, 2.45) is 0 Å². The zero-order chi connectivity index (χ0) is 7.82. The molecule has 1 rings (SSSR count). The van der Waals surface area contributed by atoms with E-state index in [-0.39, 0.29) is 0 Å². The molecule has 10 heavy (non-hydrogen) atoms. The third kappa shape index (κ3) is 5.93. The molecule has 1 heterocycles. The maximum absolute atomic E-state index is 6.91. The van der Waals surface area contributed by atoms with E-state index in [1.807, 2.05) is 0 Å². The fraction of sp³-hybridized carbons (Fsp3) is 1.00. The van der Waals surface area contributed by atoms with Crippen LogP contribution in [0.4, 0.5) is 0 Å². The normalized spacial score (nSPS) is 24.1. The Hall–Kier alpha value is 1.19. The maximum Gasteiger partial charge on any atom is -0.0727 e. The Bertz CT molecular complexity index is 68.7. The number of hydrogen-bond donors (Lipinski definition) is 0. The van der Waals surface area contributed by atoms with E-state index in [0.29, 0.717) is 12.6 Å². The fourth-order valence-corrected chi connectivity index (χ4v) is 0.859. The molecule has 1 atom stereocenters. The summed E-state index contributed by atoms with van der Waals surface area (Å²) in [4.78, 5) is 0. The van der Waals surface area contributed by atoms with E-state index in [9.17, 15) is 0 Å². The summed E-state index contributed by atoms with van der Waals surface area (Å²) in [5.41, 5.74) is 6.91. The summed E-state index contributed by atoms with van der Waals surface area (Å²) in [5, 5.41) is 4.17. The molecule has 5 heteroatoms. The van der Waals surface area contributed by atoms with Gasteiger partial charge in [0.15, 0.2) is 0 Å². The maximum atomic E-state index is 6.91. The minimum atomic E-state index is -0.472. The van der Waals surface area contributed by atoms with E-state index in [4.69, 9.17) is 24.6 Å². The molecule has 64 valence electrons. The van der Waals surface area contributed by atoms with Crippen molar-refractivity contribution in [3.8, 4) is 0 Å². The Morgan fingerprint density at radius 3 is 2.40 bits per heavy atom. The van der Waals surface area contributed by atoms with Crippen molar-refractivity contribution in [2.45, 2.75) is 18.9 Å². The van der Waals surface area contributed by atoms with Crippen molar-refractivity contribution in [3.63, 3.8) is 0 Å². The van der Waals surface area contributed by atoms with E-state index in [1.54, 1.807) is 0 Å². The smallest absolute Gasteiger partial charge is 0.0727 e. The summed E-state index contributed by atoms with van der Waals surface area (Å²) >= 11 is -0.472. The number of rotatable bonds is 1. The molecule has 0 aromatic rings. The van der Waals surface area contributed by atoms with Gasteiger partial charge in [-0.1, -0.05) is 12.8 Å². The number of hydrogen-bond acceptors (Lipinski definition) is 0. The van der Waals surface area contributed by atoms with Gasteiger partial charge in [-0.05, 0) is 0 Å². The molecule has 1 saturated heterocycles. The largest absolute Gasteiger partial charge is 0.679 e. The molecule has 0 aromatic carbocycles. The molecule has 1 fully saturated rings. The van der Waals surface area contributed by atoms with Gasteiger partial charge in [0.1, 0.15) is 0 Å². The minimum Gasteiger partial charge on any atom is -0.679 e. The zero-order valence-electron chi connectivity index (χ0n) is 5.43. The van der Waals surface area contributed by atoms with Crippen molar-refractivity contribution >= 4 is 18.8 Å². The number of halogens is 2. The van der Waals surface area contributed by atoms with Gasteiger partial charge in [0.05, 0.1) is 0 Å². The first-order valence-corrected chi connectivity index (χ1v) is 8.61. The van der Waals surface area contributed by atoms with Crippen LogP contribution in [0.1, 0.15) is 12.8 Å². The van der Waals surface area contributed by atoms with E-state index in [2.05, 4.69) is 5.32 Å². The first-order valence-electron chi connectivity index (χ1n) is 2.98. The average molecular weight is 364 g/mol. The predicted molar refractivity (Wildman–Crippen MR) is 42.1 cm³/mol. The third-order valence-corrected chi connectivity index (χ3v) is 1.32. The van der Waals surface area contributed by atoms with Crippen LogP contribution in [0.2, 0.25) is 0 Å². The van der Waals surface area contributed by atoms with Crippen molar-refractivity contribution < 1.29 is 16.5 Å². The second-order valence-electron chi connectivity index (χ2n) is 1.95. The van der Waals surface area contributed by atoms with Crippen LogP contribution in [0.3, 0.4) is 0 Å². The summed E-state index contributed by atoms with van der Waals surface area (Å²) in [6.07, 6.45) is 2.37. The van der Waals surface area contributed by atoms with Crippen LogP contribution in [0.5, 0.6) is 0 Å². The van der Waals surface area contributed by atoms with Gasteiger partial charge in [-0.25, -0.2) is 0 Å². The van der Waals surface area contributed by atoms with Gasteiger partial charge < -0.3 is 11.1 Å². The first-order chi connectivity index (χ1) is 4.85. The monoisotopic (exact) mass is 363 g/mol. The molecule has 0 saturated carbocycles. The minimum absolute atomic E-state index is 0.389. The van der Waals surface area contributed by atoms with Gasteiger partial charge in [-0.2, -0.15) is 12.6 Å². The fourth-order valence-electron chi connectivity index (χ4n) is 0.859. The average Bonchev–Trinajstić information content (AvgIpc) is 2.39. The molecule has 1 N–H and O–H groups in total. The summed E-state index contributed by atoms with van der Waals surface area (Å²) in [6, 6.07) is 0.389. The van der Waals surface area contributed by atoms with Crippen LogP contribution >= 0.6 is 18.8 Å². The third-order valence-electron chi connectivity index (χ3n) is 1.32. The molecule has 0 bridgehead atoms. The summed E-state index contributed by atoms with van der Waals surface area (Å²) in [6.45, 7) is 1.50. The molecule has 1 aliphatic rings. The summed E-state index contributed by atoms with van der Waals surface area (Å²) < 4.78 is 0. The van der Waals surface area contributed by atoms with Gasteiger partial charge >= 0.3 is 35.3 Å². The topological polar surface area (TPSA) is 37.9 Å². The molecule has 2 nitrogen and oxygen atoms in total. The van der Waals surface area contributed by atoms with Crippen LogP contribution < -0.4 is 0 Å². The molecule has 0 aliphatic carbocycles. The van der Waals surface area contributed by atoms with Crippen molar-refractivity contribution in [1.82, 2.24) is 0 Å². The van der Waals surface area contributed by atoms with Gasteiger partial charge in [0, 0.05) is 0 Å². The van der Waals surface area contributed by atoms with Crippen molar-refractivity contribution in [3.05, 3.63) is 11.1 Å². The van der Waals surface area contributed by atoms with Gasteiger partial charge in [-0.3, -0.25) is 0 Å². The first kappa shape index (κ1) is 11.2. The number of nitrogens with one attached hydrogen (secondary N) is 1. The van der Waals surface area contributed by atoms with Crippen molar-refractivity contribution in [1.29, 1.82) is 0 Å². The van der Waals surface area contributed by atoms with Crippen LogP contribution in [0.25, 0.3) is 11.1 Å². The Morgan fingerprint density at radius 2 is 2.20 bits per heavy atom. The standard InChI is InChI=1S/C5H10N2.2ClH.Pt/c6-4-5-2-1-3-7-5;;;/h5-6H,1-4H2;2*1H;/q-2;;;+4/p-2/t5-;;;/m1.../s1. The van der Waals surface area contributed by atoms with Crippen LogP contribution in [-0.2, 0) is 16.5 Å². The predicted octanol–water partition coefficient (Wildman–Crippen LogP) is 2.95. The van der Waals surface area contributed by atoms with Crippen LogP contribution in [0.15, 0.2) is 0 Å². The molecular weight excluding hydrogens is 354 g/mol. The Labute approximate surface area is 78.2 Å². The number of nitrogens with zero attached hydrogens (tertiary/aromatic N) is 1. The second kappa shape index (κ2) is 8.29. The van der Waals surface area contributed by atoms with E-state index in [0.717, 1.165) is 13.0 Å². The van der Waals surface area contributed by atoms with Gasteiger partial charge in [0.2, 0.25) is 0 Å². The SMILES string of the molecule is [Cl][Pt+2][Cl].[NH-]C[C@H]1CCC[N-]1. The molecular formula is C5H10Cl2N2Pt. The van der Waals surface area contributed by atoms with E-state index < -0.39 is 16.5 Å². The zero-order valence-corrected chi connectivity index (χ0v) is 9.21. The summed E-state index contributed by atoms with van der Waals surface area (Å²) in [7, 11) is 9.75. The van der Waals surface area contributed by atoms with Gasteiger partial charge in [0.25, 0.3) is 0 Å². The van der Waals surface area contributed by atoms with Crippen molar-refractivity contribution in [2.75, 3.05) is 13.1 Å². The quantitative estimate of drug-likeness (QED) is 0.687. The Balaban J connectivity index is 0.000000236. The van der Waals surface area contributed by atoms with Crippen LogP contribution in [-0.4, -0.2) is 19.1 Å². The second-order valence-corrected chi connectivity index (χ2v) is 5.23. The van der Waals surface area contributed by atoms with Gasteiger partial charge in [-0.15, -0.1) is 6.54 Å². The van der Waals surface area contributed by atoms with Crippen LogP contribution in [0, 0.1) is 0 Å². The molecule has 0 radical (unpaired) electrons. The Morgan fingerprint density at radius 1 is 1.60 bits per heavy atom. The molecule has 1 aliphatic heterocycles. The molecule has 0 spiro atoms. The molecule has 0 unspecified atom stereocenters.